The predicted molar refractivity (Wildman–Crippen MR) is 91.3 cm³/mol. The number of hydrogen-bond acceptors (Lipinski definition) is 5. The molecule has 128 valence electrons. The Morgan fingerprint density at radius 3 is 2.79 bits per heavy atom. The van der Waals surface area contributed by atoms with Crippen molar-refractivity contribution in [3.05, 3.63) is 64.2 Å². The fourth-order valence-corrected chi connectivity index (χ4v) is 3.02. The number of hydrogen-bond donors (Lipinski definition) is 0. The van der Waals surface area contributed by atoms with E-state index in [-0.39, 0.29) is 5.63 Å². The molecule has 0 amide bonds. The van der Waals surface area contributed by atoms with E-state index in [1.54, 1.807) is 13.2 Å². The van der Waals surface area contributed by atoms with Crippen molar-refractivity contribution < 1.29 is 13.9 Å². The summed E-state index contributed by atoms with van der Waals surface area (Å²) in [7, 11) is 1.55. The summed E-state index contributed by atoms with van der Waals surface area (Å²) < 4.78 is 16.1. The Hall–Kier alpha value is -2.11. The summed E-state index contributed by atoms with van der Waals surface area (Å²) in [4.78, 5) is 14.0. The maximum absolute atomic E-state index is 11.7. The van der Waals surface area contributed by atoms with Gasteiger partial charge in [-0.25, -0.2) is 4.79 Å². The molecule has 1 unspecified atom stereocenters. The molecule has 2 heterocycles. The zero-order valence-electron chi connectivity index (χ0n) is 13.9. The van der Waals surface area contributed by atoms with Gasteiger partial charge >= 0.3 is 5.63 Å². The molecule has 1 aliphatic rings. The van der Waals surface area contributed by atoms with E-state index in [1.807, 2.05) is 6.07 Å². The lowest BCUT2D eigenvalue weighted by atomic mass is 10.1. The molecular weight excluding hydrogens is 306 g/mol. The molecule has 3 rings (SSSR count). The molecule has 1 aromatic carbocycles. The summed E-state index contributed by atoms with van der Waals surface area (Å²) in [6, 6.07) is 13.9. The van der Waals surface area contributed by atoms with E-state index in [9.17, 15) is 4.79 Å². The van der Waals surface area contributed by atoms with Crippen molar-refractivity contribution in [3.63, 3.8) is 0 Å². The molecule has 0 aliphatic carbocycles. The van der Waals surface area contributed by atoms with Crippen LogP contribution in [0.25, 0.3) is 0 Å². The van der Waals surface area contributed by atoms with E-state index in [2.05, 4.69) is 29.2 Å². The van der Waals surface area contributed by atoms with E-state index in [0.29, 0.717) is 24.1 Å². The highest BCUT2D eigenvalue weighted by molar-refractivity contribution is 5.20. The number of rotatable bonds is 7. The van der Waals surface area contributed by atoms with Crippen LogP contribution in [0.1, 0.15) is 17.7 Å². The highest BCUT2D eigenvalue weighted by Gasteiger charge is 2.24. The quantitative estimate of drug-likeness (QED) is 0.781. The lowest BCUT2D eigenvalue weighted by Gasteiger charge is -2.27. The van der Waals surface area contributed by atoms with Gasteiger partial charge in [0.2, 0.25) is 0 Å². The zero-order valence-corrected chi connectivity index (χ0v) is 13.9. The summed E-state index contributed by atoms with van der Waals surface area (Å²) >= 11 is 0. The Labute approximate surface area is 141 Å². The van der Waals surface area contributed by atoms with Gasteiger partial charge in [-0.2, -0.15) is 0 Å². The van der Waals surface area contributed by atoms with Crippen LogP contribution in [0.15, 0.2) is 51.7 Å². The molecule has 1 aliphatic heterocycles. The fourth-order valence-electron chi connectivity index (χ4n) is 3.02. The minimum Gasteiger partial charge on any atom is -0.496 e. The van der Waals surface area contributed by atoms with E-state index >= 15 is 0 Å². The van der Waals surface area contributed by atoms with Gasteiger partial charge < -0.3 is 13.9 Å². The average molecular weight is 329 g/mol. The van der Waals surface area contributed by atoms with Crippen LogP contribution in [0.2, 0.25) is 0 Å². The maximum atomic E-state index is 11.7. The molecule has 5 heteroatoms. The molecular formula is C19H23NO4. The molecule has 0 bridgehead atoms. The van der Waals surface area contributed by atoms with Crippen LogP contribution >= 0.6 is 0 Å². The Balaban J connectivity index is 1.72. The molecule has 0 radical (unpaired) electrons. The normalized spacial score (nSPS) is 17.3. The Bertz CT molecular complexity index is 692. The summed E-state index contributed by atoms with van der Waals surface area (Å²) in [5, 5.41) is 0. The molecule has 2 aromatic rings. The molecule has 1 atom stereocenters. The average Bonchev–Trinajstić information content (AvgIpc) is 3.13. The SMILES string of the molecule is COc1cc(CN(CCc2ccccc2)C2CCOC2)oc(=O)c1. The minimum absolute atomic E-state index is 0.352. The topological polar surface area (TPSA) is 51.9 Å². The lowest BCUT2D eigenvalue weighted by Crippen LogP contribution is -2.37. The highest BCUT2D eigenvalue weighted by atomic mass is 16.5. The lowest BCUT2D eigenvalue weighted by molar-refractivity contribution is 0.132. The van der Waals surface area contributed by atoms with E-state index in [0.717, 1.165) is 32.6 Å². The van der Waals surface area contributed by atoms with Gasteiger partial charge in [0.15, 0.2) is 0 Å². The monoisotopic (exact) mass is 329 g/mol. The molecule has 0 saturated carbocycles. The zero-order chi connectivity index (χ0) is 16.8. The van der Waals surface area contributed by atoms with Crippen molar-refractivity contribution in [2.24, 2.45) is 0 Å². The van der Waals surface area contributed by atoms with E-state index in [4.69, 9.17) is 13.9 Å². The standard InChI is InChI=1S/C19H23NO4/c1-22-17-11-18(24-19(21)12-17)13-20(16-8-10-23-14-16)9-7-15-5-3-2-4-6-15/h2-6,11-12,16H,7-10,13-14H2,1H3. The second-order valence-corrected chi connectivity index (χ2v) is 6.01. The van der Waals surface area contributed by atoms with Gasteiger partial charge in [-0.3, -0.25) is 4.90 Å². The van der Waals surface area contributed by atoms with Crippen molar-refractivity contribution in [2.45, 2.75) is 25.4 Å². The Morgan fingerprint density at radius 1 is 1.25 bits per heavy atom. The molecule has 0 N–H and O–H groups in total. The Kier molecular flexibility index (Phi) is 5.67. The molecule has 5 nitrogen and oxygen atoms in total. The Morgan fingerprint density at radius 2 is 2.08 bits per heavy atom. The summed E-state index contributed by atoms with van der Waals surface area (Å²) in [5.41, 5.74) is 0.920. The number of methoxy groups -OCH3 is 1. The van der Waals surface area contributed by atoms with Crippen LogP contribution < -0.4 is 10.4 Å². The third-order valence-corrected chi connectivity index (χ3v) is 4.34. The third-order valence-electron chi connectivity index (χ3n) is 4.34. The van der Waals surface area contributed by atoms with Crippen LogP contribution in [-0.4, -0.2) is 37.8 Å². The van der Waals surface area contributed by atoms with Crippen molar-refractivity contribution in [1.82, 2.24) is 4.90 Å². The molecule has 24 heavy (non-hydrogen) atoms. The number of ether oxygens (including phenoxy) is 2. The first-order chi connectivity index (χ1) is 11.7. The summed E-state index contributed by atoms with van der Waals surface area (Å²) in [6.07, 6.45) is 1.95. The molecule has 0 spiro atoms. The fraction of sp³-hybridized carbons (Fsp3) is 0.421. The van der Waals surface area contributed by atoms with Crippen LogP contribution in [0.3, 0.4) is 0 Å². The van der Waals surface area contributed by atoms with E-state index in [1.165, 1.54) is 11.6 Å². The minimum atomic E-state index is -0.380. The van der Waals surface area contributed by atoms with Crippen LogP contribution in [0, 0.1) is 0 Å². The molecule has 1 fully saturated rings. The molecule has 1 aromatic heterocycles. The highest BCUT2D eigenvalue weighted by Crippen LogP contribution is 2.18. The second kappa shape index (κ2) is 8.13. The van der Waals surface area contributed by atoms with Gasteiger partial charge in [0.25, 0.3) is 0 Å². The van der Waals surface area contributed by atoms with Crippen LogP contribution in [0.4, 0.5) is 0 Å². The smallest absolute Gasteiger partial charge is 0.339 e. The van der Waals surface area contributed by atoms with Crippen LogP contribution in [-0.2, 0) is 17.7 Å². The first-order valence-electron chi connectivity index (χ1n) is 8.28. The summed E-state index contributed by atoms with van der Waals surface area (Å²) in [6.45, 7) is 2.98. The van der Waals surface area contributed by atoms with Crippen LogP contribution in [0.5, 0.6) is 5.75 Å². The first kappa shape index (κ1) is 16.7. The predicted octanol–water partition coefficient (Wildman–Crippen LogP) is 2.48. The largest absolute Gasteiger partial charge is 0.496 e. The van der Waals surface area contributed by atoms with Gasteiger partial charge in [0, 0.05) is 25.3 Å². The van der Waals surface area contributed by atoms with Crippen molar-refractivity contribution >= 4 is 0 Å². The second-order valence-electron chi connectivity index (χ2n) is 6.01. The maximum Gasteiger partial charge on any atom is 0.339 e. The third kappa shape index (κ3) is 4.46. The number of benzene rings is 1. The van der Waals surface area contributed by atoms with Gasteiger partial charge in [-0.1, -0.05) is 30.3 Å². The van der Waals surface area contributed by atoms with Gasteiger partial charge in [-0.15, -0.1) is 0 Å². The first-order valence-corrected chi connectivity index (χ1v) is 8.28. The van der Waals surface area contributed by atoms with Gasteiger partial charge in [0.1, 0.15) is 11.5 Å². The van der Waals surface area contributed by atoms with Gasteiger partial charge in [0.05, 0.1) is 26.3 Å². The summed E-state index contributed by atoms with van der Waals surface area (Å²) in [5.74, 6) is 1.16. The van der Waals surface area contributed by atoms with Crippen molar-refractivity contribution in [2.75, 3.05) is 26.9 Å². The van der Waals surface area contributed by atoms with Crippen molar-refractivity contribution in [1.29, 1.82) is 0 Å². The molecule has 1 saturated heterocycles. The number of nitrogens with zero attached hydrogens (tertiary/aromatic N) is 1. The van der Waals surface area contributed by atoms with Gasteiger partial charge in [-0.05, 0) is 18.4 Å². The van der Waals surface area contributed by atoms with E-state index < -0.39 is 0 Å². The van der Waals surface area contributed by atoms with Crippen molar-refractivity contribution in [3.8, 4) is 5.75 Å².